The molecule has 4 unspecified atom stereocenters. The summed E-state index contributed by atoms with van der Waals surface area (Å²) in [5.74, 6) is 1.60. The smallest absolute Gasteiger partial charge is 0.0691 e. The van der Waals surface area contributed by atoms with Crippen LogP contribution in [-0.2, 0) is 15.5 Å². The summed E-state index contributed by atoms with van der Waals surface area (Å²) in [5, 5.41) is 3.74. The molecule has 4 atom stereocenters. The number of nitrogens with one attached hydrogen (secondary N) is 1. The summed E-state index contributed by atoms with van der Waals surface area (Å²) < 4.78 is 17.8. The fraction of sp³-hybridized carbons (Fsp3) is 1.00. The second-order valence-electron chi connectivity index (χ2n) is 4.95. The van der Waals surface area contributed by atoms with Crippen molar-refractivity contribution < 1.29 is 8.95 Å². The molecule has 1 N–H and O–H groups in total. The Bertz CT molecular complexity index is 255. The largest absolute Gasteiger partial charge is 0.377 e. The average Bonchev–Trinajstić information content (AvgIpc) is 3.00. The van der Waals surface area contributed by atoms with E-state index < -0.39 is 10.8 Å². The van der Waals surface area contributed by atoms with Crippen LogP contribution in [0.3, 0.4) is 0 Å². The highest BCUT2D eigenvalue weighted by Crippen LogP contribution is 2.33. The van der Waals surface area contributed by atoms with E-state index in [0.29, 0.717) is 6.04 Å². The molecule has 2 aliphatic rings. The van der Waals surface area contributed by atoms with Crippen LogP contribution in [0, 0.1) is 5.92 Å². The van der Waals surface area contributed by atoms with Crippen molar-refractivity contribution in [3.05, 3.63) is 0 Å². The molecule has 0 amide bonds. The van der Waals surface area contributed by atoms with Crippen LogP contribution in [0.25, 0.3) is 0 Å². The van der Waals surface area contributed by atoms with Crippen molar-refractivity contribution in [1.82, 2.24) is 5.32 Å². The van der Waals surface area contributed by atoms with Crippen molar-refractivity contribution in [2.75, 3.05) is 18.9 Å². The van der Waals surface area contributed by atoms with Crippen molar-refractivity contribution in [2.45, 2.75) is 50.5 Å². The lowest BCUT2D eigenvalue weighted by molar-refractivity contribution is 0.127. The van der Waals surface area contributed by atoms with Gasteiger partial charge in [0.2, 0.25) is 0 Å². The molecule has 0 radical (unpaired) electrons. The number of ether oxygens (including phenoxy) is 1. The zero-order valence-electron chi connectivity index (χ0n) is 10.3. The van der Waals surface area contributed by atoms with Crippen LogP contribution in [0.15, 0.2) is 0 Å². The van der Waals surface area contributed by atoms with Crippen LogP contribution >= 0.6 is 0 Å². The van der Waals surface area contributed by atoms with Crippen molar-refractivity contribution in [3.63, 3.8) is 0 Å². The molecule has 1 heterocycles. The van der Waals surface area contributed by atoms with Crippen LogP contribution in [0.4, 0.5) is 0 Å². The van der Waals surface area contributed by atoms with E-state index in [4.69, 9.17) is 4.74 Å². The summed E-state index contributed by atoms with van der Waals surface area (Å²) >= 11 is 0. The standard InChI is InChI=1S/C12H23NO2S/c1-3-13-11(10-4-5-10)8-16(14)12-6-7-15-9(12)2/h9-13H,3-8H2,1-2H3. The van der Waals surface area contributed by atoms with Gasteiger partial charge in [-0.15, -0.1) is 0 Å². The molecular formula is C12H23NO2S. The van der Waals surface area contributed by atoms with E-state index in [-0.39, 0.29) is 11.4 Å². The average molecular weight is 245 g/mol. The van der Waals surface area contributed by atoms with E-state index in [0.717, 1.165) is 31.2 Å². The maximum absolute atomic E-state index is 12.3. The van der Waals surface area contributed by atoms with E-state index in [1.54, 1.807) is 0 Å². The molecule has 1 aliphatic carbocycles. The van der Waals surface area contributed by atoms with Crippen molar-refractivity contribution in [2.24, 2.45) is 5.92 Å². The lowest BCUT2D eigenvalue weighted by Crippen LogP contribution is -2.39. The molecule has 94 valence electrons. The minimum Gasteiger partial charge on any atom is -0.377 e. The van der Waals surface area contributed by atoms with E-state index in [2.05, 4.69) is 19.2 Å². The zero-order chi connectivity index (χ0) is 11.5. The Kier molecular flexibility index (Phi) is 4.39. The SMILES string of the molecule is CCNC(CS(=O)C1CCOC1C)C1CC1. The van der Waals surface area contributed by atoms with E-state index in [1.807, 2.05) is 0 Å². The van der Waals surface area contributed by atoms with E-state index in [9.17, 15) is 4.21 Å². The van der Waals surface area contributed by atoms with Gasteiger partial charge in [-0.05, 0) is 38.6 Å². The van der Waals surface area contributed by atoms with Crippen molar-refractivity contribution in [3.8, 4) is 0 Å². The molecule has 3 nitrogen and oxygen atoms in total. The minimum absolute atomic E-state index is 0.183. The van der Waals surface area contributed by atoms with Crippen LogP contribution in [0.1, 0.15) is 33.1 Å². The maximum Gasteiger partial charge on any atom is 0.0691 e. The van der Waals surface area contributed by atoms with Gasteiger partial charge in [0.25, 0.3) is 0 Å². The van der Waals surface area contributed by atoms with E-state index >= 15 is 0 Å². The highest BCUT2D eigenvalue weighted by Gasteiger charge is 2.35. The van der Waals surface area contributed by atoms with Gasteiger partial charge in [0.05, 0.1) is 11.4 Å². The Morgan fingerprint density at radius 1 is 1.44 bits per heavy atom. The van der Waals surface area contributed by atoms with Gasteiger partial charge < -0.3 is 10.1 Å². The van der Waals surface area contributed by atoms with Gasteiger partial charge in [-0.2, -0.15) is 0 Å². The predicted molar refractivity (Wildman–Crippen MR) is 67.0 cm³/mol. The van der Waals surface area contributed by atoms with Gasteiger partial charge in [0, 0.05) is 29.2 Å². The number of hydrogen-bond acceptors (Lipinski definition) is 3. The van der Waals surface area contributed by atoms with Gasteiger partial charge in [0.1, 0.15) is 0 Å². The fourth-order valence-electron chi connectivity index (χ4n) is 2.48. The highest BCUT2D eigenvalue weighted by molar-refractivity contribution is 7.85. The molecule has 0 bridgehead atoms. The summed E-state index contributed by atoms with van der Waals surface area (Å²) in [6, 6.07) is 0.471. The normalized spacial score (nSPS) is 33.9. The quantitative estimate of drug-likeness (QED) is 0.766. The molecule has 1 saturated heterocycles. The van der Waals surface area contributed by atoms with Gasteiger partial charge in [-0.3, -0.25) is 4.21 Å². The Balaban J connectivity index is 1.84. The summed E-state index contributed by atoms with van der Waals surface area (Å²) in [6.45, 7) is 5.94. The maximum atomic E-state index is 12.3. The molecule has 0 aromatic carbocycles. The monoisotopic (exact) mass is 245 g/mol. The number of rotatable bonds is 6. The topological polar surface area (TPSA) is 38.3 Å². The van der Waals surface area contributed by atoms with Gasteiger partial charge >= 0.3 is 0 Å². The summed E-state index contributed by atoms with van der Waals surface area (Å²) in [6.07, 6.45) is 3.77. The molecule has 16 heavy (non-hydrogen) atoms. The summed E-state index contributed by atoms with van der Waals surface area (Å²) in [4.78, 5) is 0. The lowest BCUT2D eigenvalue weighted by Gasteiger charge is -2.20. The Labute approximate surface area is 101 Å². The Hall–Kier alpha value is 0.0700. The second kappa shape index (κ2) is 5.61. The molecule has 0 aromatic heterocycles. The predicted octanol–water partition coefficient (Wildman–Crippen LogP) is 1.30. The minimum atomic E-state index is -0.725. The molecular weight excluding hydrogens is 222 g/mol. The highest BCUT2D eigenvalue weighted by atomic mass is 32.2. The van der Waals surface area contributed by atoms with Gasteiger partial charge in [0.15, 0.2) is 0 Å². The lowest BCUT2D eigenvalue weighted by atomic mass is 10.2. The van der Waals surface area contributed by atoms with Crippen LogP contribution in [0.2, 0.25) is 0 Å². The van der Waals surface area contributed by atoms with Crippen LogP contribution < -0.4 is 5.32 Å². The van der Waals surface area contributed by atoms with Gasteiger partial charge in [-0.1, -0.05) is 6.92 Å². The molecule has 2 rings (SSSR count). The first-order valence-corrected chi connectivity index (χ1v) is 7.82. The van der Waals surface area contributed by atoms with Crippen molar-refractivity contribution in [1.29, 1.82) is 0 Å². The Morgan fingerprint density at radius 2 is 2.19 bits per heavy atom. The van der Waals surface area contributed by atoms with Gasteiger partial charge in [-0.25, -0.2) is 0 Å². The van der Waals surface area contributed by atoms with Crippen LogP contribution in [0.5, 0.6) is 0 Å². The molecule has 2 fully saturated rings. The van der Waals surface area contributed by atoms with Crippen LogP contribution in [-0.4, -0.2) is 40.5 Å². The molecule has 0 aromatic rings. The zero-order valence-corrected chi connectivity index (χ0v) is 11.1. The Morgan fingerprint density at radius 3 is 2.69 bits per heavy atom. The first kappa shape index (κ1) is 12.5. The van der Waals surface area contributed by atoms with E-state index in [1.165, 1.54) is 12.8 Å². The first-order chi connectivity index (χ1) is 7.72. The molecule has 4 heteroatoms. The number of hydrogen-bond donors (Lipinski definition) is 1. The third kappa shape index (κ3) is 3.05. The first-order valence-electron chi connectivity index (χ1n) is 6.44. The molecule has 1 aliphatic heterocycles. The summed E-state index contributed by atoms with van der Waals surface area (Å²) in [7, 11) is -0.725. The molecule has 1 saturated carbocycles. The summed E-state index contributed by atoms with van der Waals surface area (Å²) in [5.41, 5.74) is 0. The fourth-order valence-corrected chi connectivity index (χ4v) is 4.34. The third-order valence-electron chi connectivity index (χ3n) is 3.65. The van der Waals surface area contributed by atoms with Crippen molar-refractivity contribution >= 4 is 10.8 Å². The second-order valence-corrected chi connectivity index (χ2v) is 6.65. The molecule has 0 spiro atoms. The third-order valence-corrected chi connectivity index (χ3v) is 5.63.